The standard InChI is InChI=1S/C21H25FN2O3/c1-23(15-21(25)26)18-9-11-24(12-10-18)14-16-5-7-19(8-6-16)27-20-4-2-3-17(22)13-20/h2-8,13,18H,9-12,14-15H2,1H3,(H,25,26). The Morgan fingerprint density at radius 2 is 1.89 bits per heavy atom. The summed E-state index contributed by atoms with van der Waals surface area (Å²) in [6, 6.07) is 14.3. The van der Waals surface area contributed by atoms with Crippen LogP contribution in [0.25, 0.3) is 0 Å². The van der Waals surface area contributed by atoms with Crippen LogP contribution in [0.2, 0.25) is 0 Å². The van der Waals surface area contributed by atoms with Crippen LogP contribution in [0.4, 0.5) is 4.39 Å². The fraction of sp³-hybridized carbons (Fsp3) is 0.381. The Hall–Kier alpha value is -2.44. The molecule has 1 aliphatic heterocycles. The largest absolute Gasteiger partial charge is 0.480 e. The lowest BCUT2D eigenvalue weighted by Crippen LogP contribution is -2.44. The zero-order valence-corrected chi connectivity index (χ0v) is 15.5. The fourth-order valence-corrected chi connectivity index (χ4v) is 3.45. The molecule has 0 spiro atoms. The molecular formula is C21H25FN2O3. The number of rotatable bonds is 7. The number of piperidine rings is 1. The van der Waals surface area contributed by atoms with Gasteiger partial charge in [-0.1, -0.05) is 18.2 Å². The number of carbonyl (C=O) groups is 1. The Morgan fingerprint density at radius 3 is 2.52 bits per heavy atom. The van der Waals surface area contributed by atoms with Gasteiger partial charge in [0.2, 0.25) is 0 Å². The summed E-state index contributed by atoms with van der Waals surface area (Å²) in [5, 5.41) is 8.91. The molecule has 3 rings (SSSR count). The lowest BCUT2D eigenvalue weighted by Gasteiger charge is -2.36. The predicted octanol–water partition coefficient (Wildman–Crippen LogP) is 3.60. The van der Waals surface area contributed by atoms with Gasteiger partial charge in [0.05, 0.1) is 6.54 Å². The van der Waals surface area contributed by atoms with E-state index in [1.54, 1.807) is 12.1 Å². The maximum absolute atomic E-state index is 13.2. The molecule has 2 aromatic rings. The van der Waals surface area contributed by atoms with E-state index >= 15 is 0 Å². The predicted molar refractivity (Wildman–Crippen MR) is 101 cm³/mol. The minimum absolute atomic E-state index is 0.0947. The van der Waals surface area contributed by atoms with Gasteiger partial charge >= 0.3 is 5.97 Å². The van der Waals surface area contributed by atoms with Crippen molar-refractivity contribution in [1.29, 1.82) is 0 Å². The summed E-state index contributed by atoms with van der Waals surface area (Å²) in [5.74, 6) is 0.0654. The first-order valence-electron chi connectivity index (χ1n) is 9.16. The molecule has 0 aliphatic carbocycles. The van der Waals surface area contributed by atoms with Gasteiger partial charge in [0.15, 0.2) is 0 Å². The third kappa shape index (κ3) is 5.77. The van der Waals surface area contributed by atoms with Crippen molar-refractivity contribution in [3.05, 3.63) is 59.9 Å². The number of benzene rings is 2. The van der Waals surface area contributed by atoms with Crippen LogP contribution in [-0.2, 0) is 11.3 Å². The Bertz CT molecular complexity index is 758. The molecule has 0 radical (unpaired) electrons. The maximum atomic E-state index is 13.2. The Labute approximate surface area is 159 Å². The van der Waals surface area contributed by atoms with Crippen molar-refractivity contribution < 1.29 is 19.0 Å². The number of hydrogen-bond donors (Lipinski definition) is 1. The van der Waals surface area contributed by atoms with Gasteiger partial charge in [0.25, 0.3) is 0 Å². The number of hydrogen-bond acceptors (Lipinski definition) is 4. The van der Waals surface area contributed by atoms with Crippen LogP contribution in [0, 0.1) is 5.82 Å². The molecule has 0 amide bonds. The molecule has 2 aromatic carbocycles. The molecular weight excluding hydrogens is 347 g/mol. The summed E-state index contributed by atoms with van der Waals surface area (Å²) >= 11 is 0. The highest BCUT2D eigenvalue weighted by Crippen LogP contribution is 2.23. The molecule has 0 bridgehead atoms. The Kier molecular flexibility index (Phi) is 6.42. The molecule has 0 atom stereocenters. The van der Waals surface area contributed by atoms with E-state index < -0.39 is 5.97 Å². The van der Waals surface area contributed by atoms with Gasteiger partial charge in [-0.15, -0.1) is 0 Å². The zero-order chi connectivity index (χ0) is 19.2. The van der Waals surface area contributed by atoms with Gasteiger partial charge < -0.3 is 9.84 Å². The van der Waals surface area contributed by atoms with Gasteiger partial charge in [0, 0.05) is 18.7 Å². The van der Waals surface area contributed by atoms with Crippen molar-refractivity contribution >= 4 is 5.97 Å². The van der Waals surface area contributed by atoms with Crippen molar-refractivity contribution in [2.45, 2.75) is 25.4 Å². The van der Waals surface area contributed by atoms with E-state index in [4.69, 9.17) is 9.84 Å². The molecule has 1 fully saturated rings. The topological polar surface area (TPSA) is 53.0 Å². The average Bonchev–Trinajstić information content (AvgIpc) is 2.63. The first kappa shape index (κ1) is 19.3. The first-order valence-corrected chi connectivity index (χ1v) is 9.16. The monoisotopic (exact) mass is 372 g/mol. The number of ether oxygens (including phenoxy) is 1. The summed E-state index contributed by atoms with van der Waals surface area (Å²) in [7, 11) is 1.88. The highest BCUT2D eigenvalue weighted by molar-refractivity contribution is 5.69. The summed E-state index contributed by atoms with van der Waals surface area (Å²) in [6.07, 6.45) is 1.95. The second-order valence-corrected chi connectivity index (χ2v) is 7.02. The summed E-state index contributed by atoms with van der Waals surface area (Å²) < 4.78 is 18.9. The molecule has 0 aromatic heterocycles. The molecule has 6 heteroatoms. The summed E-state index contributed by atoms with van der Waals surface area (Å²) in [4.78, 5) is 15.1. The third-order valence-electron chi connectivity index (χ3n) is 4.93. The molecule has 0 unspecified atom stereocenters. The zero-order valence-electron chi connectivity index (χ0n) is 15.5. The molecule has 0 saturated carbocycles. The van der Waals surface area contributed by atoms with E-state index in [1.807, 2.05) is 36.2 Å². The van der Waals surface area contributed by atoms with Gasteiger partial charge in [-0.2, -0.15) is 0 Å². The van der Waals surface area contributed by atoms with E-state index in [9.17, 15) is 9.18 Å². The van der Waals surface area contributed by atoms with Crippen LogP contribution >= 0.6 is 0 Å². The van der Waals surface area contributed by atoms with Crippen molar-refractivity contribution in [3.8, 4) is 11.5 Å². The van der Waals surface area contributed by atoms with E-state index in [0.29, 0.717) is 17.5 Å². The molecule has 1 N–H and O–H groups in total. The smallest absolute Gasteiger partial charge is 0.317 e. The van der Waals surface area contributed by atoms with Gasteiger partial charge in [-0.3, -0.25) is 14.6 Å². The molecule has 1 heterocycles. The number of carboxylic acids is 1. The lowest BCUT2D eigenvalue weighted by atomic mass is 10.0. The van der Waals surface area contributed by atoms with Crippen molar-refractivity contribution in [1.82, 2.24) is 9.80 Å². The number of aliphatic carboxylic acids is 1. The number of nitrogens with zero attached hydrogens (tertiary/aromatic N) is 2. The normalized spacial score (nSPS) is 15.8. The van der Waals surface area contributed by atoms with Crippen molar-refractivity contribution in [3.63, 3.8) is 0 Å². The Balaban J connectivity index is 1.48. The van der Waals surface area contributed by atoms with Crippen LogP contribution in [0.5, 0.6) is 11.5 Å². The fourth-order valence-electron chi connectivity index (χ4n) is 3.45. The highest BCUT2D eigenvalue weighted by Gasteiger charge is 2.23. The Morgan fingerprint density at radius 1 is 1.19 bits per heavy atom. The third-order valence-corrected chi connectivity index (χ3v) is 4.93. The molecule has 1 aliphatic rings. The maximum Gasteiger partial charge on any atom is 0.317 e. The van der Waals surface area contributed by atoms with Crippen molar-refractivity contribution in [2.75, 3.05) is 26.7 Å². The number of likely N-dealkylation sites (N-methyl/N-ethyl adjacent to an activating group) is 1. The quantitative estimate of drug-likeness (QED) is 0.805. The molecule has 5 nitrogen and oxygen atoms in total. The summed E-state index contributed by atoms with van der Waals surface area (Å²) in [5.41, 5.74) is 1.19. The second-order valence-electron chi connectivity index (χ2n) is 7.02. The average molecular weight is 372 g/mol. The van der Waals surface area contributed by atoms with Crippen molar-refractivity contribution in [2.24, 2.45) is 0 Å². The lowest BCUT2D eigenvalue weighted by molar-refractivity contribution is -0.138. The number of halogens is 1. The van der Waals surface area contributed by atoms with Crippen LogP contribution in [0.15, 0.2) is 48.5 Å². The van der Waals surface area contributed by atoms with Crippen LogP contribution in [0.3, 0.4) is 0 Å². The van der Waals surface area contributed by atoms with Gasteiger partial charge in [-0.25, -0.2) is 4.39 Å². The molecule has 1 saturated heterocycles. The highest BCUT2D eigenvalue weighted by atomic mass is 19.1. The molecule has 144 valence electrons. The first-order chi connectivity index (χ1) is 13.0. The minimum atomic E-state index is -0.777. The van der Waals surface area contributed by atoms with Crippen LogP contribution in [-0.4, -0.2) is 53.6 Å². The van der Waals surface area contributed by atoms with Crippen LogP contribution < -0.4 is 4.74 Å². The van der Waals surface area contributed by atoms with Gasteiger partial charge in [-0.05, 0) is 62.8 Å². The second kappa shape index (κ2) is 8.97. The van der Waals surface area contributed by atoms with E-state index in [2.05, 4.69) is 4.90 Å². The van der Waals surface area contributed by atoms with E-state index in [-0.39, 0.29) is 12.4 Å². The summed E-state index contributed by atoms with van der Waals surface area (Å²) in [6.45, 7) is 2.86. The van der Waals surface area contributed by atoms with E-state index in [1.165, 1.54) is 17.7 Å². The van der Waals surface area contributed by atoms with Crippen LogP contribution in [0.1, 0.15) is 18.4 Å². The SMILES string of the molecule is CN(CC(=O)O)C1CCN(Cc2ccc(Oc3cccc(F)c3)cc2)CC1. The number of likely N-dealkylation sites (tertiary alicyclic amines) is 1. The number of carboxylic acid groups (broad SMARTS) is 1. The van der Waals surface area contributed by atoms with E-state index in [0.717, 1.165) is 32.5 Å². The van der Waals surface area contributed by atoms with Gasteiger partial charge in [0.1, 0.15) is 17.3 Å². The minimum Gasteiger partial charge on any atom is -0.480 e. The molecule has 27 heavy (non-hydrogen) atoms.